The highest BCUT2D eigenvalue weighted by Gasteiger charge is 2.12. The number of ether oxygens (including phenoxy) is 1. The van der Waals surface area contributed by atoms with E-state index in [0.29, 0.717) is 17.9 Å². The van der Waals surface area contributed by atoms with Crippen LogP contribution in [0.25, 0.3) is 0 Å². The van der Waals surface area contributed by atoms with Gasteiger partial charge in [-0.2, -0.15) is 0 Å². The van der Waals surface area contributed by atoms with Gasteiger partial charge in [-0.25, -0.2) is 0 Å². The predicted octanol–water partition coefficient (Wildman–Crippen LogP) is 1.40. The van der Waals surface area contributed by atoms with E-state index in [-0.39, 0.29) is 18.9 Å². The maximum absolute atomic E-state index is 11.8. The molecule has 6 heteroatoms. The number of carbonyl (C=O) groups excluding carboxylic acids is 2. The van der Waals surface area contributed by atoms with E-state index < -0.39 is 11.9 Å². The highest BCUT2D eigenvalue weighted by Crippen LogP contribution is 2.16. The first kappa shape index (κ1) is 17.0. The Morgan fingerprint density at radius 1 is 1.29 bits per heavy atom. The third-order valence-corrected chi connectivity index (χ3v) is 2.94. The normalized spacial score (nSPS) is 11.7. The van der Waals surface area contributed by atoms with Crippen molar-refractivity contribution in [3.05, 3.63) is 24.3 Å². The van der Waals surface area contributed by atoms with Gasteiger partial charge in [0.15, 0.2) is 0 Å². The molecule has 21 heavy (non-hydrogen) atoms. The Bertz CT molecular complexity index is 460. The van der Waals surface area contributed by atoms with Crippen molar-refractivity contribution in [2.24, 2.45) is 11.5 Å². The highest BCUT2D eigenvalue weighted by atomic mass is 16.5. The summed E-state index contributed by atoms with van der Waals surface area (Å²) in [5, 5.41) is 2.76. The first-order valence-electron chi connectivity index (χ1n) is 7.10. The summed E-state index contributed by atoms with van der Waals surface area (Å²) in [6, 6.07) is 6.40. The van der Waals surface area contributed by atoms with E-state index in [1.54, 1.807) is 24.3 Å². The average molecular weight is 293 g/mol. The van der Waals surface area contributed by atoms with Crippen molar-refractivity contribution in [3.8, 4) is 5.75 Å². The van der Waals surface area contributed by atoms with Crippen LogP contribution < -0.4 is 21.5 Å². The predicted molar refractivity (Wildman–Crippen MR) is 81.9 cm³/mol. The molecule has 0 aliphatic carbocycles. The Kier molecular flexibility index (Phi) is 7.25. The number of nitrogens with two attached hydrogens (primary N) is 2. The largest absolute Gasteiger partial charge is 0.493 e. The third-order valence-electron chi connectivity index (χ3n) is 2.94. The first-order valence-corrected chi connectivity index (χ1v) is 7.10. The van der Waals surface area contributed by atoms with Gasteiger partial charge in [0, 0.05) is 5.69 Å². The van der Waals surface area contributed by atoms with Crippen molar-refractivity contribution in [1.29, 1.82) is 0 Å². The first-order chi connectivity index (χ1) is 10.0. The minimum Gasteiger partial charge on any atom is -0.493 e. The molecule has 6 nitrogen and oxygen atoms in total. The molecular formula is C15H23N3O3. The Hall–Kier alpha value is -2.08. The molecule has 1 unspecified atom stereocenters. The molecule has 0 saturated heterocycles. The molecule has 0 heterocycles. The average Bonchev–Trinajstić information content (AvgIpc) is 2.46. The summed E-state index contributed by atoms with van der Waals surface area (Å²) >= 11 is 0. The minimum atomic E-state index is -0.489. The number of benzene rings is 1. The molecular weight excluding hydrogens is 270 g/mol. The lowest BCUT2D eigenvalue weighted by Crippen LogP contribution is -2.35. The maximum Gasteiger partial charge on any atom is 0.241 e. The van der Waals surface area contributed by atoms with Gasteiger partial charge < -0.3 is 21.5 Å². The fourth-order valence-corrected chi connectivity index (χ4v) is 1.69. The smallest absolute Gasteiger partial charge is 0.241 e. The van der Waals surface area contributed by atoms with Crippen molar-refractivity contribution in [1.82, 2.24) is 0 Å². The van der Waals surface area contributed by atoms with Gasteiger partial charge >= 0.3 is 0 Å². The molecule has 0 aliphatic rings. The zero-order valence-corrected chi connectivity index (χ0v) is 12.3. The number of anilines is 1. The molecule has 0 bridgehead atoms. The van der Waals surface area contributed by atoms with E-state index in [2.05, 4.69) is 12.2 Å². The molecule has 116 valence electrons. The van der Waals surface area contributed by atoms with Crippen LogP contribution in [0.1, 0.15) is 32.6 Å². The maximum atomic E-state index is 11.8. The second-order valence-corrected chi connectivity index (χ2v) is 4.83. The number of rotatable bonds is 9. The molecule has 0 aliphatic heterocycles. The fourth-order valence-electron chi connectivity index (χ4n) is 1.69. The topological polar surface area (TPSA) is 107 Å². The van der Waals surface area contributed by atoms with Crippen LogP contribution in [0, 0.1) is 0 Å². The lowest BCUT2D eigenvalue weighted by Gasteiger charge is -2.12. The number of carbonyl (C=O) groups is 2. The molecule has 0 spiro atoms. The van der Waals surface area contributed by atoms with Crippen LogP contribution in [0.5, 0.6) is 5.75 Å². The number of hydrogen-bond acceptors (Lipinski definition) is 4. The molecule has 2 amide bonds. The van der Waals surface area contributed by atoms with Crippen LogP contribution in [0.15, 0.2) is 24.3 Å². The summed E-state index contributed by atoms with van der Waals surface area (Å²) in [7, 11) is 0. The van der Waals surface area contributed by atoms with Crippen LogP contribution >= 0.6 is 0 Å². The Labute approximate surface area is 124 Å². The van der Waals surface area contributed by atoms with Crippen molar-refractivity contribution in [2.75, 3.05) is 11.9 Å². The molecule has 0 saturated carbocycles. The van der Waals surface area contributed by atoms with Crippen LogP contribution in [0.2, 0.25) is 0 Å². The van der Waals surface area contributed by atoms with E-state index in [1.165, 1.54) is 0 Å². The number of unbranched alkanes of at least 4 members (excludes halogenated alkanes) is 1. The van der Waals surface area contributed by atoms with Crippen molar-refractivity contribution in [2.45, 2.75) is 38.6 Å². The summed E-state index contributed by atoms with van der Waals surface area (Å²) in [4.78, 5) is 22.4. The minimum absolute atomic E-state index is 0.171. The summed E-state index contributed by atoms with van der Waals surface area (Å²) in [5.74, 6) is 0.0235. The van der Waals surface area contributed by atoms with E-state index in [4.69, 9.17) is 16.2 Å². The zero-order chi connectivity index (χ0) is 15.7. The fraction of sp³-hybridized carbons (Fsp3) is 0.467. The molecule has 0 fully saturated rings. The second kappa shape index (κ2) is 8.97. The second-order valence-electron chi connectivity index (χ2n) is 4.83. The van der Waals surface area contributed by atoms with Crippen molar-refractivity contribution < 1.29 is 14.3 Å². The Morgan fingerprint density at radius 2 is 1.95 bits per heavy atom. The van der Waals surface area contributed by atoms with Crippen LogP contribution in [0.3, 0.4) is 0 Å². The highest BCUT2D eigenvalue weighted by molar-refractivity contribution is 5.94. The zero-order valence-electron chi connectivity index (χ0n) is 12.3. The Morgan fingerprint density at radius 3 is 2.52 bits per heavy atom. The van der Waals surface area contributed by atoms with Crippen LogP contribution in [-0.2, 0) is 9.59 Å². The SMILES string of the molecule is CCCCC(N)C(=O)Nc1ccc(OCCC(N)=O)cc1. The summed E-state index contributed by atoms with van der Waals surface area (Å²) in [6.07, 6.45) is 2.79. The van der Waals surface area contributed by atoms with Gasteiger partial charge in [-0.1, -0.05) is 19.8 Å². The van der Waals surface area contributed by atoms with Gasteiger partial charge in [-0.05, 0) is 30.7 Å². The molecule has 5 N–H and O–H groups in total. The van der Waals surface area contributed by atoms with E-state index in [1.807, 2.05) is 0 Å². The van der Waals surface area contributed by atoms with Crippen LogP contribution in [0.4, 0.5) is 5.69 Å². The summed E-state index contributed by atoms with van der Waals surface area (Å²) in [5.41, 5.74) is 11.5. The van der Waals surface area contributed by atoms with E-state index in [0.717, 1.165) is 12.8 Å². The lowest BCUT2D eigenvalue weighted by molar-refractivity contribution is -0.119. The van der Waals surface area contributed by atoms with Gasteiger partial charge in [0.05, 0.1) is 19.1 Å². The third kappa shape index (κ3) is 6.76. The van der Waals surface area contributed by atoms with Gasteiger partial charge in [0.2, 0.25) is 11.8 Å². The molecule has 1 atom stereocenters. The van der Waals surface area contributed by atoms with Gasteiger partial charge in [0.1, 0.15) is 5.75 Å². The van der Waals surface area contributed by atoms with Crippen LogP contribution in [-0.4, -0.2) is 24.5 Å². The Balaban J connectivity index is 2.43. The number of nitrogens with one attached hydrogen (secondary N) is 1. The molecule has 1 aromatic carbocycles. The van der Waals surface area contributed by atoms with Gasteiger partial charge in [0.25, 0.3) is 0 Å². The van der Waals surface area contributed by atoms with E-state index in [9.17, 15) is 9.59 Å². The number of amides is 2. The van der Waals surface area contributed by atoms with E-state index >= 15 is 0 Å². The summed E-state index contributed by atoms with van der Waals surface area (Å²) < 4.78 is 5.34. The molecule has 1 aromatic rings. The molecule has 0 aromatic heterocycles. The van der Waals surface area contributed by atoms with Gasteiger partial charge in [-0.3, -0.25) is 9.59 Å². The quantitative estimate of drug-likeness (QED) is 0.639. The van der Waals surface area contributed by atoms with Crippen molar-refractivity contribution >= 4 is 17.5 Å². The standard InChI is InChI=1S/C15H23N3O3/c1-2-3-4-13(16)15(20)18-11-5-7-12(8-6-11)21-10-9-14(17)19/h5-8,13H,2-4,9-10,16H2,1H3,(H2,17,19)(H,18,20). The van der Waals surface area contributed by atoms with Gasteiger partial charge in [-0.15, -0.1) is 0 Å². The number of hydrogen-bond donors (Lipinski definition) is 3. The summed E-state index contributed by atoms with van der Waals surface area (Å²) in [6.45, 7) is 2.30. The number of primary amides is 1. The monoisotopic (exact) mass is 293 g/mol. The molecule has 1 rings (SSSR count). The lowest BCUT2D eigenvalue weighted by atomic mass is 10.1. The molecule has 0 radical (unpaired) electrons. The van der Waals surface area contributed by atoms with Crippen molar-refractivity contribution in [3.63, 3.8) is 0 Å².